The van der Waals surface area contributed by atoms with Crippen molar-refractivity contribution in [2.45, 2.75) is 17.9 Å². The zero-order valence-corrected chi connectivity index (χ0v) is 18.3. The van der Waals surface area contributed by atoms with Gasteiger partial charge in [0.1, 0.15) is 9.77 Å². The van der Waals surface area contributed by atoms with Crippen LogP contribution in [0, 0.1) is 0 Å². The molecular weight excluding hydrogens is 454 g/mol. The monoisotopic (exact) mass is 476 g/mol. The van der Waals surface area contributed by atoms with Gasteiger partial charge in [0.05, 0.1) is 20.3 Å². The lowest BCUT2D eigenvalue weighted by Gasteiger charge is -2.26. The summed E-state index contributed by atoms with van der Waals surface area (Å²) in [5.74, 6) is -0.422. The summed E-state index contributed by atoms with van der Waals surface area (Å²) in [7, 11) is -2.44. The number of sulfonamides is 1. The molecule has 0 spiro atoms. The summed E-state index contributed by atoms with van der Waals surface area (Å²) in [4.78, 5) is 12.7. The number of carbonyl (C=O) groups excluding carboxylic acids is 1. The molecule has 12 heteroatoms. The van der Waals surface area contributed by atoms with Gasteiger partial charge in [0.25, 0.3) is 5.91 Å². The van der Waals surface area contributed by atoms with E-state index in [1.165, 1.54) is 23.5 Å². The Morgan fingerprint density at radius 1 is 1.26 bits per heavy atom. The van der Waals surface area contributed by atoms with Crippen molar-refractivity contribution in [3.05, 3.63) is 40.1 Å². The van der Waals surface area contributed by atoms with Gasteiger partial charge in [-0.05, 0) is 35.6 Å². The molecule has 8 nitrogen and oxygen atoms in total. The maximum Gasteiger partial charge on any atom is 0.387 e. The van der Waals surface area contributed by atoms with Crippen LogP contribution in [0.25, 0.3) is 0 Å². The second-order valence-electron chi connectivity index (χ2n) is 6.50. The zero-order valence-electron chi connectivity index (χ0n) is 16.7. The van der Waals surface area contributed by atoms with E-state index < -0.39 is 22.5 Å². The van der Waals surface area contributed by atoms with Crippen LogP contribution in [-0.4, -0.2) is 65.2 Å². The molecule has 170 valence electrons. The summed E-state index contributed by atoms with van der Waals surface area (Å²) in [6.45, 7) is -1.64. The summed E-state index contributed by atoms with van der Waals surface area (Å²) in [6, 6.07) is 5.93. The molecule has 31 heavy (non-hydrogen) atoms. The molecule has 0 bridgehead atoms. The molecule has 1 saturated heterocycles. The number of ether oxygens (including phenoxy) is 3. The van der Waals surface area contributed by atoms with Crippen molar-refractivity contribution >= 4 is 27.3 Å². The lowest BCUT2D eigenvalue weighted by Crippen LogP contribution is -2.41. The number of halogens is 2. The van der Waals surface area contributed by atoms with Crippen LogP contribution in [0.15, 0.2) is 34.5 Å². The van der Waals surface area contributed by atoms with Crippen LogP contribution in [0.4, 0.5) is 8.78 Å². The summed E-state index contributed by atoms with van der Waals surface area (Å²) in [6.07, 6.45) is 0.383. The summed E-state index contributed by atoms with van der Waals surface area (Å²) >= 11 is 1.05. The number of morpholine rings is 1. The number of nitrogens with zero attached hydrogens (tertiary/aromatic N) is 1. The number of methoxy groups -OCH3 is 1. The van der Waals surface area contributed by atoms with Crippen molar-refractivity contribution < 1.29 is 36.2 Å². The predicted molar refractivity (Wildman–Crippen MR) is 110 cm³/mol. The highest BCUT2D eigenvalue weighted by Gasteiger charge is 2.31. The Balaban J connectivity index is 1.63. The molecule has 1 amide bonds. The van der Waals surface area contributed by atoms with Gasteiger partial charge in [-0.15, -0.1) is 11.3 Å². The van der Waals surface area contributed by atoms with Gasteiger partial charge in [0, 0.05) is 19.6 Å². The molecule has 1 aliphatic rings. The number of hydrogen-bond donors (Lipinski definition) is 1. The molecule has 1 aliphatic heterocycles. The highest BCUT2D eigenvalue weighted by Crippen LogP contribution is 2.30. The number of nitrogens with one attached hydrogen (secondary N) is 1. The number of carbonyl (C=O) groups is 1. The minimum absolute atomic E-state index is 0.0212. The van der Waals surface area contributed by atoms with Gasteiger partial charge in [0.2, 0.25) is 10.0 Å². The van der Waals surface area contributed by atoms with Gasteiger partial charge in [-0.25, -0.2) is 8.42 Å². The molecule has 0 radical (unpaired) electrons. The van der Waals surface area contributed by atoms with E-state index in [0.717, 1.165) is 16.9 Å². The Bertz CT molecular complexity index is 1010. The maximum atomic E-state index is 12.9. The van der Waals surface area contributed by atoms with Crippen LogP contribution in [0.3, 0.4) is 0 Å². The molecule has 1 aromatic heterocycles. The number of alkyl halides is 2. The highest BCUT2D eigenvalue weighted by molar-refractivity contribution is 7.89. The second-order valence-corrected chi connectivity index (χ2v) is 9.32. The average molecular weight is 477 g/mol. The van der Waals surface area contributed by atoms with Gasteiger partial charge < -0.3 is 19.5 Å². The topological polar surface area (TPSA) is 94.2 Å². The number of thiophene rings is 1. The van der Waals surface area contributed by atoms with Crippen molar-refractivity contribution in [2.75, 3.05) is 40.0 Å². The summed E-state index contributed by atoms with van der Waals surface area (Å²) < 4.78 is 66.5. The van der Waals surface area contributed by atoms with E-state index in [4.69, 9.17) is 9.47 Å². The van der Waals surface area contributed by atoms with Crippen molar-refractivity contribution in [3.63, 3.8) is 0 Å². The molecule has 0 saturated carbocycles. The average Bonchev–Trinajstić information content (AvgIpc) is 3.26. The number of benzene rings is 1. The lowest BCUT2D eigenvalue weighted by molar-refractivity contribution is -0.0512. The van der Waals surface area contributed by atoms with Crippen molar-refractivity contribution in [1.82, 2.24) is 9.62 Å². The van der Waals surface area contributed by atoms with Crippen molar-refractivity contribution in [3.8, 4) is 11.5 Å². The third-order valence-electron chi connectivity index (χ3n) is 4.57. The third kappa shape index (κ3) is 5.70. The Labute approximate surface area is 182 Å². The molecule has 1 aromatic carbocycles. The fraction of sp³-hybridized carbons (Fsp3) is 0.421. The fourth-order valence-corrected chi connectivity index (χ4v) is 5.78. The van der Waals surface area contributed by atoms with E-state index in [1.54, 1.807) is 17.5 Å². The first-order chi connectivity index (χ1) is 14.8. The van der Waals surface area contributed by atoms with Gasteiger partial charge in [0.15, 0.2) is 11.5 Å². The van der Waals surface area contributed by atoms with E-state index in [2.05, 4.69) is 10.1 Å². The summed E-state index contributed by atoms with van der Waals surface area (Å²) in [5.41, 5.74) is 0.728. The molecule has 2 heterocycles. The van der Waals surface area contributed by atoms with Crippen molar-refractivity contribution in [1.29, 1.82) is 0 Å². The van der Waals surface area contributed by atoms with Gasteiger partial charge in [-0.1, -0.05) is 6.07 Å². The van der Waals surface area contributed by atoms with Crippen LogP contribution < -0.4 is 14.8 Å². The van der Waals surface area contributed by atoms with Gasteiger partial charge in [-0.3, -0.25) is 4.79 Å². The van der Waals surface area contributed by atoms with E-state index >= 15 is 0 Å². The highest BCUT2D eigenvalue weighted by atomic mass is 32.2. The minimum Gasteiger partial charge on any atom is -0.493 e. The molecular formula is C19H22F2N2O6S2. The van der Waals surface area contributed by atoms with Crippen LogP contribution in [-0.2, 0) is 21.2 Å². The Kier molecular flexibility index (Phi) is 7.81. The molecule has 0 unspecified atom stereocenters. The number of amides is 1. The Hall–Kier alpha value is -2.28. The first-order valence-corrected chi connectivity index (χ1v) is 11.7. The van der Waals surface area contributed by atoms with E-state index in [9.17, 15) is 22.0 Å². The van der Waals surface area contributed by atoms with Crippen molar-refractivity contribution in [2.24, 2.45) is 0 Å². The number of rotatable bonds is 9. The van der Waals surface area contributed by atoms with Crippen LogP contribution >= 0.6 is 11.3 Å². The predicted octanol–water partition coefficient (Wildman–Crippen LogP) is 2.35. The SMILES string of the molecule is COc1cc(CCNC(=O)c2sccc2S(=O)(=O)N2CCOCC2)ccc1OC(F)F. The molecule has 1 N–H and O–H groups in total. The van der Waals surface area contributed by atoms with Gasteiger partial charge in [-0.2, -0.15) is 13.1 Å². The van der Waals surface area contributed by atoms with E-state index in [1.807, 2.05) is 0 Å². The second kappa shape index (κ2) is 10.4. The smallest absolute Gasteiger partial charge is 0.387 e. The standard InChI is InChI=1S/C19H22F2N2O6S2/c1-27-15-12-13(2-3-14(15)29-19(20)21)4-6-22-18(24)17-16(5-11-30-17)31(25,26)23-7-9-28-10-8-23/h2-3,5,11-12,19H,4,6-10H2,1H3,(H,22,24). The quantitative estimate of drug-likeness (QED) is 0.597. The largest absolute Gasteiger partial charge is 0.493 e. The Morgan fingerprint density at radius 3 is 2.68 bits per heavy atom. The molecule has 0 atom stereocenters. The van der Waals surface area contributed by atoms with Crippen LogP contribution in [0.1, 0.15) is 15.2 Å². The molecule has 1 fully saturated rings. The summed E-state index contributed by atoms with van der Waals surface area (Å²) in [5, 5.41) is 4.27. The fourth-order valence-electron chi connectivity index (χ4n) is 3.05. The molecule has 3 rings (SSSR count). The molecule has 0 aliphatic carbocycles. The minimum atomic E-state index is -3.78. The lowest BCUT2D eigenvalue weighted by atomic mass is 10.1. The van der Waals surface area contributed by atoms with E-state index in [0.29, 0.717) is 19.6 Å². The van der Waals surface area contributed by atoms with E-state index in [-0.39, 0.29) is 40.9 Å². The first-order valence-electron chi connectivity index (χ1n) is 9.38. The van der Waals surface area contributed by atoms with Gasteiger partial charge >= 0.3 is 6.61 Å². The molecule has 2 aromatic rings. The van der Waals surface area contributed by atoms with Crippen LogP contribution in [0.5, 0.6) is 11.5 Å². The zero-order chi connectivity index (χ0) is 22.4. The third-order valence-corrected chi connectivity index (χ3v) is 7.55. The first kappa shape index (κ1) is 23.4. The number of hydrogen-bond acceptors (Lipinski definition) is 7. The Morgan fingerprint density at radius 2 is 2.00 bits per heavy atom. The normalized spacial score (nSPS) is 15.1. The van der Waals surface area contributed by atoms with Crippen LogP contribution in [0.2, 0.25) is 0 Å². The maximum absolute atomic E-state index is 12.9.